The molecule has 5 heteroatoms. The molecule has 1 rings (SSSR count). The highest BCUT2D eigenvalue weighted by molar-refractivity contribution is 5.84. The van der Waals surface area contributed by atoms with Crippen LogP contribution in [0.25, 0.3) is 0 Å². The standard InChI is InChI=1S/C12H26N4O/c1-10(2)14-12(3,11(13)17)9-16-7-5-15(4)6-8-16/h10,14H,5-9H2,1-4H3,(H2,13,17). The van der Waals surface area contributed by atoms with Crippen molar-refractivity contribution in [3.05, 3.63) is 0 Å². The minimum absolute atomic E-state index is 0.250. The van der Waals surface area contributed by atoms with Crippen LogP contribution in [0.4, 0.5) is 0 Å². The number of likely N-dealkylation sites (N-methyl/N-ethyl adjacent to an activating group) is 1. The molecule has 1 atom stereocenters. The van der Waals surface area contributed by atoms with Gasteiger partial charge in [0.15, 0.2) is 0 Å². The molecule has 1 fully saturated rings. The monoisotopic (exact) mass is 242 g/mol. The Morgan fingerprint density at radius 2 is 1.88 bits per heavy atom. The average molecular weight is 242 g/mol. The van der Waals surface area contributed by atoms with E-state index in [2.05, 4.69) is 22.2 Å². The minimum atomic E-state index is -0.635. The van der Waals surface area contributed by atoms with Crippen LogP contribution in [0, 0.1) is 0 Å². The molecule has 0 aromatic heterocycles. The summed E-state index contributed by atoms with van der Waals surface area (Å²) in [5, 5.41) is 3.28. The van der Waals surface area contributed by atoms with Gasteiger partial charge in [0.1, 0.15) is 5.54 Å². The molecule has 100 valence electrons. The zero-order valence-corrected chi connectivity index (χ0v) is 11.5. The van der Waals surface area contributed by atoms with Gasteiger partial charge >= 0.3 is 0 Å². The van der Waals surface area contributed by atoms with Crippen molar-refractivity contribution in [1.82, 2.24) is 15.1 Å². The van der Waals surface area contributed by atoms with Gasteiger partial charge in [-0.05, 0) is 27.8 Å². The van der Waals surface area contributed by atoms with E-state index >= 15 is 0 Å². The highest BCUT2D eigenvalue weighted by Crippen LogP contribution is 2.10. The Hall–Kier alpha value is -0.650. The lowest BCUT2D eigenvalue weighted by Gasteiger charge is -2.39. The molecule has 1 amide bonds. The molecule has 1 aliphatic heterocycles. The first kappa shape index (κ1) is 14.4. The van der Waals surface area contributed by atoms with Crippen LogP contribution in [-0.4, -0.2) is 67.1 Å². The first-order valence-electron chi connectivity index (χ1n) is 6.32. The lowest BCUT2D eigenvalue weighted by molar-refractivity contribution is -0.125. The Bertz CT molecular complexity index is 261. The van der Waals surface area contributed by atoms with Crippen LogP contribution in [0.15, 0.2) is 0 Å². The first-order chi connectivity index (χ1) is 7.83. The van der Waals surface area contributed by atoms with Crippen LogP contribution in [0.5, 0.6) is 0 Å². The number of amides is 1. The van der Waals surface area contributed by atoms with Gasteiger partial charge in [-0.2, -0.15) is 0 Å². The molecule has 0 aliphatic carbocycles. The second-order valence-electron chi connectivity index (χ2n) is 5.57. The van der Waals surface area contributed by atoms with Crippen LogP contribution >= 0.6 is 0 Å². The minimum Gasteiger partial charge on any atom is -0.368 e. The number of nitrogens with one attached hydrogen (secondary N) is 1. The number of nitrogens with zero attached hydrogens (tertiary/aromatic N) is 2. The van der Waals surface area contributed by atoms with Crippen molar-refractivity contribution in [3.8, 4) is 0 Å². The van der Waals surface area contributed by atoms with E-state index in [0.717, 1.165) is 26.2 Å². The number of nitrogens with two attached hydrogens (primary N) is 1. The molecule has 5 nitrogen and oxygen atoms in total. The summed E-state index contributed by atoms with van der Waals surface area (Å²) < 4.78 is 0. The first-order valence-corrected chi connectivity index (χ1v) is 6.32. The third kappa shape index (κ3) is 4.26. The summed E-state index contributed by atoms with van der Waals surface area (Å²) in [4.78, 5) is 16.2. The van der Waals surface area contributed by atoms with Gasteiger partial charge in [0.2, 0.25) is 5.91 Å². The Balaban J connectivity index is 2.57. The van der Waals surface area contributed by atoms with Gasteiger partial charge in [-0.3, -0.25) is 9.69 Å². The van der Waals surface area contributed by atoms with Crippen molar-refractivity contribution in [2.24, 2.45) is 5.73 Å². The van der Waals surface area contributed by atoms with Gasteiger partial charge < -0.3 is 16.0 Å². The molecule has 3 N–H and O–H groups in total. The normalized spacial score (nSPS) is 22.6. The quantitative estimate of drug-likeness (QED) is 0.681. The zero-order valence-electron chi connectivity index (χ0n) is 11.5. The van der Waals surface area contributed by atoms with E-state index in [0.29, 0.717) is 6.54 Å². The van der Waals surface area contributed by atoms with E-state index in [1.54, 1.807) is 0 Å². The summed E-state index contributed by atoms with van der Waals surface area (Å²) >= 11 is 0. The highest BCUT2D eigenvalue weighted by atomic mass is 16.1. The second-order valence-corrected chi connectivity index (χ2v) is 5.57. The van der Waals surface area contributed by atoms with Crippen molar-refractivity contribution in [3.63, 3.8) is 0 Å². The summed E-state index contributed by atoms with van der Waals surface area (Å²) in [6.07, 6.45) is 0. The number of carbonyl (C=O) groups excluding carboxylic acids is 1. The Labute approximate surface area is 104 Å². The number of primary amides is 1. The molecule has 0 spiro atoms. The maximum atomic E-state index is 11.6. The summed E-state index contributed by atoms with van der Waals surface area (Å²) in [7, 11) is 2.12. The van der Waals surface area contributed by atoms with Gasteiger partial charge in [0, 0.05) is 38.8 Å². The van der Waals surface area contributed by atoms with E-state index in [4.69, 9.17) is 5.73 Å². The van der Waals surface area contributed by atoms with Crippen molar-refractivity contribution in [1.29, 1.82) is 0 Å². The van der Waals surface area contributed by atoms with Crippen molar-refractivity contribution in [2.45, 2.75) is 32.4 Å². The lowest BCUT2D eigenvalue weighted by atomic mass is 9.99. The third-order valence-corrected chi connectivity index (χ3v) is 3.29. The summed E-state index contributed by atoms with van der Waals surface area (Å²) in [6, 6.07) is 0.250. The second kappa shape index (κ2) is 5.80. The summed E-state index contributed by atoms with van der Waals surface area (Å²) in [5.41, 5.74) is 4.89. The predicted molar refractivity (Wildman–Crippen MR) is 69.8 cm³/mol. The zero-order chi connectivity index (χ0) is 13.1. The van der Waals surface area contributed by atoms with Crippen LogP contribution in [0.3, 0.4) is 0 Å². The largest absolute Gasteiger partial charge is 0.368 e. The Kier molecular flexibility index (Phi) is 4.91. The molecule has 0 aromatic carbocycles. The van der Waals surface area contributed by atoms with E-state index < -0.39 is 5.54 Å². The molecule has 1 saturated heterocycles. The maximum Gasteiger partial charge on any atom is 0.238 e. The van der Waals surface area contributed by atoms with E-state index in [1.807, 2.05) is 20.8 Å². The molecule has 0 aromatic rings. The molecular formula is C12H26N4O. The summed E-state index contributed by atoms with van der Waals surface area (Å²) in [6.45, 7) is 10.8. The molecule has 1 aliphatic rings. The van der Waals surface area contributed by atoms with E-state index in [9.17, 15) is 4.79 Å². The maximum absolute atomic E-state index is 11.6. The van der Waals surface area contributed by atoms with Crippen molar-refractivity contribution in [2.75, 3.05) is 39.8 Å². The van der Waals surface area contributed by atoms with Gasteiger partial charge in [-0.25, -0.2) is 0 Å². The number of piperazine rings is 1. The number of hydrogen-bond donors (Lipinski definition) is 2. The van der Waals surface area contributed by atoms with Crippen molar-refractivity contribution < 1.29 is 4.79 Å². The van der Waals surface area contributed by atoms with E-state index in [-0.39, 0.29) is 11.9 Å². The smallest absolute Gasteiger partial charge is 0.238 e. The Morgan fingerprint density at radius 3 is 2.29 bits per heavy atom. The number of hydrogen-bond acceptors (Lipinski definition) is 4. The fourth-order valence-electron chi connectivity index (χ4n) is 2.29. The fourth-order valence-corrected chi connectivity index (χ4v) is 2.29. The van der Waals surface area contributed by atoms with Gasteiger partial charge in [-0.15, -0.1) is 0 Å². The molecule has 1 unspecified atom stereocenters. The molecule has 0 saturated carbocycles. The van der Waals surface area contributed by atoms with Crippen LogP contribution < -0.4 is 11.1 Å². The predicted octanol–water partition coefficient (Wildman–Crippen LogP) is -0.524. The molecular weight excluding hydrogens is 216 g/mol. The van der Waals surface area contributed by atoms with E-state index in [1.165, 1.54) is 0 Å². The Morgan fingerprint density at radius 1 is 1.35 bits per heavy atom. The van der Waals surface area contributed by atoms with Crippen LogP contribution in [0.1, 0.15) is 20.8 Å². The topological polar surface area (TPSA) is 61.6 Å². The van der Waals surface area contributed by atoms with Gasteiger partial charge in [-0.1, -0.05) is 0 Å². The fraction of sp³-hybridized carbons (Fsp3) is 0.917. The SMILES string of the molecule is CC(C)NC(C)(CN1CCN(C)CC1)C(N)=O. The number of carbonyl (C=O) groups is 1. The van der Waals surface area contributed by atoms with Gasteiger partial charge in [0.25, 0.3) is 0 Å². The third-order valence-electron chi connectivity index (χ3n) is 3.29. The molecule has 17 heavy (non-hydrogen) atoms. The molecule has 0 bridgehead atoms. The molecule has 0 radical (unpaired) electrons. The van der Waals surface area contributed by atoms with Crippen LogP contribution in [-0.2, 0) is 4.79 Å². The van der Waals surface area contributed by atoms with Crippen molar-refractivity contribution >= 4 is 5.91 Å². The summed E-state index contributed by atoms with van der Waals surface area (Å²) in [5.74, 6) is -0.273. The average Bonchev–Trinajstić information content (AvgIpc) is 2.20. The highest BCUT2D eigenvalue weighted by Gasteiger charge is 2.34. The van der Waals surface area contributed by atoms with Crippen LogP contribution in [0.2, 0.25) is 0 Å². The van der Waals surface area contributed by atoms with Gasteiger partial charge in [0.05, 0.1) is 0 Å². The number of rotatable bonds is 5. The molecule has 1 heterocycles. The lowest BCUT2D eigenvalue weighted by Crippen LogP contribution is -2.63.